The predicted molar refractivity (Wildman–Crippen MR) is 134 cm³/mol. The van der Waals surface area contributed by atoms with E-state index < -0.39 is 0 Å². The highest BCUT2D eigenvalue weighted by molar-refractivity contribution is 5.82. The van der Waals surface area contributed by atoms with Gasteiger partial charge >= 0.3 is 0 Å². The summed E-state index contributed by atoms with van der Waals surface area (Å²) >= 11 is 0. The summed E-state index contributed by atoms with van der Waals surface area (Å²) in [6.45, 7) is 16.8. The Morgan fingerprint density at radius 3 is 2.65 bits per heavy atom. The number of ether oxygens (including phenoxy) is 1. The van der Waals surface area contributed by atoms with E-state index in [2.05, 4.69) is 79.1 Å². The number of aromatic amines is 1. The number of aromatic nitrogens is 5. The largest absolute Gasteiger partial charge is 0.377 e. The Morgan fingerprint density at radius 2 is 2.00 bits per heavy atom. The molecular formula is C26H38N6O2. The van der Waals surface area contributed by atoms with Crippen LogP contribution in [0.5, 0.6) is 0 Å². The van der Waals surface area contributed by atoms with Crippen molar-refractivity contribution in [3.63, 3.8) is 0 Å². The van der Waals surface area contributed by atoms with Crippen LogP contribution in [-0.4, -0.2) is 49.3 Å². The predicted octanol–water partition coefficient (Wildman–Crippen LogP) is 4.26. The monoisotopic (exact) mass is 466 g/mol. The van der Waals surface area contributed by atoms with E-state index in [4.69, 9.17) is 4.74 Å². The summed E-state index contributed by atoms with van der Waals surface area (Å²) in [5.74, 6) is 1.06. The lowest BCUT2D eigenvalue weighted by Crippen LogP contribution is -2.41. The maximum absolute atomic E-state index is 13.2. The summed E-state index contributed by atoms with van der Waals surface area (Å²) in [6, 6.07) is 6.21. The molecule has 1 aromatic carbocycles. The Hall–Kier alpha value is -2.58. The average molecular weight is 467 g/mol. The Labute approximate surface area is 201 Å². The molecule has 1 aliphatic rings. The van der Waals surface area contributed by atoms with Crippen LogP contribution < -0.4 is 5.56 Å². The van der Waals surface area contributed by atoms with Gasteiger partial charge in [0.15, 0.2) is 5.82 Å². The normalized spacial score (nSPS) is 17.9. The fourth-order valence-electron chi connectivity index (χ4n) is 5.13. The van der Waals surface area contributed by atoms with Crippen molar-refractivity contribution < 1.29 is 4.74 Å². The first kappa shape index (κ1) is 24.5. The molecule has 0 amide bonds. The standard InChI is InChI=1S/C26H38N6O2/c1-16(2)23(24-28-29-30-32(24)26(5,6)7)31(15-21-9-8-10-34-21)14-20-13-19-12-17(3)11-18(4)22(19)27-25(20)33/h11-13,16,21,23H,8-10,14-15H2,1-7H3,(H,27,33)/t21-,23+/m0/s1. The molecule has 0 aliphatic carbocycles. The van der Waals surface area contributed by atoms with Gasteiger partial charge < -0.3 is 9.72 Å². The SMILES string of the molecule is Cc1cc(C)c2[nH]c(=O)c(CN(C[C@@H]3CCCO3)[C@@H](c3nnnn3C(C)(C)C)C(C)C)cc2c1. The molecule has 3 aromatic rings. The van der Waals surface area contributed by atoms with Crippen LogP contribution in [0.1, 0.15) is 76.0 Å². The van der Waals surface area contributed by atoms with E-state index in [-0.39, 0.29) is 29.2 Å². The van der Waals surface area contributed by atoms with Crippen LogP contribution in [-0.2, 0) is 16.8 Å². The average Bonchev–Trinajstić information content (AvgIpc) is 3.41. The molecule has 0 radical (unpaired) electrons. The summed E-state index contributed by atoms with van der Waals surface area (Å²) in [7, 11) is 0. The van der Waals surface area contributed by atoms with E-state index in [0.717, 1.165) is 53.8 Å². The van der Waals surface area contributed by atoms with Crippen LogP contribution in [0.2, 0.25) is 0 Å². The zero-order valence-corrected chi connectivity index (χ0v) is 21.6. The molecule has 8 nitrogen and oxygen atoms in total. The topological polar surface area (TPSA) is 88.9 Å². The van der Waals surface area contributed by atoms with Crippen LogP contribution in [0, 0.1) is 19.8 Å². The Bertz CT molecular complexity index is 1200. The van der Waals surface area contributed by atoms with Crippen molar-refractivity contribution in [3.05, 3.63) is 51.1 Å². The lowest BCUT2D eigenvalue weighted by Gasteiger charge is -2.36. The van der Waals surface area contributed by atoms with Crippen molar-refractivity contribution in [2.45, 2.75) is 85.5 Å². The van der Waals surface area contributed by atoms with E-state index in [9.17, 15) is 4.79 Å². The molecule has 4 rings (SSSR count). The number of H-pyrrole nitrogens is 1. The first-order chi connectivity index (χ1) is 16.0. The first-order valence-electron chi connectivity index (χ1n) is 12.3. The number of fused-ring (bicyclic) bond motifs is 1. The zero-order valence-electron chi connectivity index (χ0n) is 21.6. The van der Waals surface area contributed by atoms with Gasteiger partial charge in [-0.05, 0) is 86.9 Å². The van der Waals surface area contributed by atoms with Crippen LogP contribution in [0.3, 0.4) is 0 Å². The Kier molecular flexibility index (Phi) is 6.92. The minimum Gasteiger partial charge on any atom is -0.377 e. The molecule has 1 fully saturated rings. The molecule has 184 valence electrons. The third kappa shape index (κ3) is 5.08. The second kappa shape index (κ2) is 9.58. The second-order valence-electron chi connectivity index (χ2n) is 11.0. The summed E-state index contributed by atoms with van der Waals surface area (Å²) in [6.07, 6.45) is 2.24. The number of tetrazole rings is 1. The Morgan fingerprint density at radius 1 is 1.24 bits per heavy atom. The van der Waals surface area contributed by atoms with Crippen LogP contribution >= 0.6 is 0 Å². The highest BCUT2D eigenvalue weighted by Gasteiger charge is 2.34. The Balaban J connectivity index is 1.77. The third-order valence-corrected chi connectivity index (χ3v) is 6.62. The van der Waals surface area contributed by atoms with E-state index in [1.165, 1.54) is 5.56 Å². The molecule has 2 aromatic heterocycles. The number of benzene rings is 1. The second-order valence-corrected chi connectivity index (χ2v) is 11.0. The number of nitrogens with one attached hydrogen (secondary N) is 1. The van der Waals surface area contributed by atoms with Gasteiger partial charge in [0.2, 0.25) is 0 Å². The zero-order chi connectivity index (χ0) is 24.6. The van der Waals surface area contributed by atoms with Gasteiger partial charge in [0.05, 0.1) is 23.2 Å². The first-order valence-corrected chi connectivity index (χ1v) is 12.3. The molecule has 0 saturated carbocycles. The molecule has 34 heavy (non-hydrogen) atoms. The van der Waals surface area contributed by atoms with Crippen LogP contribution in [0.4, 0.5) is 0 Å². The van der Waals surface area contributed by atoms with E-state index in [1.54, 1.807) is 0 Å². The molecule has 0 bridgehead atoms. The fraction of sp³-hybridized carbons (Fsp3) is 0.615. The van der Waals surface area contributed by atoms with Gasteiger partial charge in [-0.25, -0.2) is 4.68 Å². The fourth-order valence-corrected chi connectivity index (χ4v) is 5.13. The quantitative estimate of drug-likeness (QED) is 0.560. The van der Waals surface area contributed by atoms with Gasteiger partial charge in [0.25, 0.3) is 5.56 Å². The summed E-state index contributed by atoms with van der Waals surface area (Å²) in [5.41, 5.74) is 3.62. The minimum absolute atomic E-state index is 0.0466. The number of hydrogen-bond acceptors (Lipinski definition) is 6. The molecule has 1 N–H and O–H groups in total. The van der Waals surface area contributed by atoms with E-state index in [1.807, 2.05) is 17.7 Å². The third-order valence-electron chi connectivity index (χ3n) is 6.62. The lowest BCUT2D eigenvalue weighted by atomic mass is 9.98. The van der Waals surface area contributed by atoms with Crippen LogP contribution in [0.25, 0.3) is 10.9 Å². The van der Waals surface area contributed by atoms with Gasteiger partial charge in [-0.2, -0.15) is 0 Å². The summed E-state index contributed by atoms with van der Waals surface area (Å²) in [4.78, 5) is 18.7. The van der Waals surface area contributed by atoms with E-state index >= 15 is 0 Å². The van der Waals surface area contributed by atoms with Gasteiger partial charge in [0.1, 0.15) is 0 Å². The van der Waals surface area contributed by atoms with Gasteiger partial charge in [-0.3, -0.25) is 9.69 Å². The van der Waals surface area contributed by atoms with Crippen molar-refractivity contribution in [2.24, 2.45) is 5.92 Å². The van der Waals surface area contributed by atoms with E-state index in [0.29, 0.717) is 6.54 Å². The number of hydrogen-bond donors (Lipinski definition) is 1. The van der Waals surface area contributed by atoms with Crippen molar-refractivity contribution in [1.82, 2.24) is 30.1 Å². The number of rotatable bonds is 7. The summed E-state index contributed by atoms with van der Waals surface area (Å²) in [5, 5.41) is 13.9. The van der Waals surface area contributed by atoms with Crippen molar-refractivity contribution in [1.29, 1.82) is 0 Å². The van der Waals surface area contributed by atoms with Gasteiger partial charge in [0, 0.05) is 25.3 Å². The highest BCUT2D eigenvalue weighted by Crippen LogP contribution is 2.32. The lowest BCUT2D eigenvalue weighted by molar-refractivity contribution is 0.0371. The number of pyridine rings is 1. The molecule has 8 heteroatoms. The molecule has 3 heterocycles. The van der Waals surface area contributed by atoms with Crippen molar-refractivity contribution in [3.8, 4) is 0 Å². The molecule has 1 saturated heterocycles. The molecule has 0 unspecified atom stereocenters. The smallest absolute Gasteiger partial charge is 0.252 e. The minimum atomic E-state index is -0.253. The molecule has 2 atom stereocenters. The molecule has 1 aliphatic heterocycles. The highest BCUT2D eigenvalue weighted by atomic mass is 16.5. The number of nitrogens with zero attached hydrogens (tertiary/aromatic N) is 5. The molecular weight excluding hydrogens is 428 g/mol. The van der Waals surface area contributed by atoms with Gasteiger partial charge in [-0.1, -0.05) is 25.5 Å². The molecule has 0 spiro atoms. The maximum atomic E-state index is 13.2. The maximum Gasteiger partial charge on any atom is 0.252 e. The van der Waals surface area contributed by atoms with Crippen LogP contribution in [0.15, 0.2) is 23.0 Å². The van der Waals surface area contributed by atoms with Crippen molar-refractivity contribution in [2.75, 3.05) is 13.2 Å². The number of aryl methyl sites for hydroxylation is 2. The summed E-state index contributed by atoms with van der Waals surface area (Å²) < 4.78 is 7.93. The van der Waals surface area contributed by atoms with Gasteiger partial charge in [-0.15, -0.1) is 5.10 Å². The van der Waals surface area contributed by atoms with Crippen molar-refractivity contribution >= 4 is 10.9 Å².